The number of carbonyl (C=O) groups excluding carboxylic acids is 1. The Hall–Kier alpha value is -1.19. The summed E-state index contributed by atoms with van der Waals surface area (Å²) in [7, 11) is 0. The predicted molar refractivity (Wildman–Crippen MR) is 103 cm³/mol. The lowest BCUT2D eigenvalue weighted by Crippen LogP contribution is -2.03. The molecule has 3 rings (SSSR count). The average molecular weight is 456 g/mol. The molecule has 0 saturated carbocycles. The van der Waals surface area contributed by atoms with Crippen LogP contribution in [0, 0.1) is 3.57 Å². The molecule has 2 aromatic heterocycles. The molecule has 0 aliphatic carbocycles. The summed E-state index contributed by atoms with van der Waals surface area (Å²) in [4.78, 5) is 22.9. The van der Waals surface area contributed by atoms with Crippen LogP contribution in [0.4, 0.5) is 0 Å². The number of hydrogen-bond acceptors (Lipinski definition) is 6. The zero-order valence-corrected chi connectivity index (χ0v) is 16.3. The largest absolute Gasteiger partial charge is 0.462 e. The Balaban J connectivity index is 2.20. The van der Waals surface area contributed by atoms with E-state index < -0.39 is 0 Å². The highest BCUT2D eigenvalue weighted by atomic mass is 127. The van der Waals surface area contributed by atoms with Crippen molar-refractivity contribution in [3.8, 4) is 11.4 Å². The van der Waals surface area contributed by atoms with Crippen LogP contribution in [0.25, 0.3) is 21.6 Å². The Morgan fingerprint density at radius 3 is 2.70 bits per heavy atom. The van der Waals surface area contributed by atoms with Gasteiger partial charge in [-0.15, -0.1) is 23.1 Å². The molecule has 0 saturated heterocycles. The van der Waals surface area contributed by atoms with Crippen LogP contribution in [-0.4, -0.2) is 28.8 Å². The molecular weight excluding hydrogens is 443 g/mol. The fourth-order valence-electron chi connectivity index (χ4n) is 2.13. The predicted octanol–water partition coefficient (Wildman–Crippen LogP) is 4.86. The third kappa shape index (κ3) is 3.22. The molecule has 4 nitrogen and oxygen atoms in total. The highest BCUT2D eigenvalue weighted by Gasteiger charge is 2.22. The van der Waals surface area contributed by atoms with Crippen LogP contribution in [0.15, 0.2) is 35.4 Å². The van der Waals surface area contributed by atoms with E-state index in [1.165, 1.54) is 11.3 Å². The molecule has 23 heavy (non-hydrogen) atoms. The number of hydrogen-bond donors (Lipinski definition) is 0. The molecular formula is C16H13IN2O2S2. The zero-order valence-electron chi connectivity index (χ0n) is 12.5. The second-order valence-electron chi connectivity index (χ2n) is 4.57. The Labute approximate surface area is 155 Å². The molecule has 3 aromatic rings. The summed E-state index contributed by atoms with van der Waals surface area (Å²) in [6, 6.07) is 9.85. The molecule has 0 bridgehead atoms. The number of carbonyl (C=O) groups is 1. The summed E-state index contributed by atoms with van der Waals surface area (Å²) in [5, 5.41) is 1.82. The van der Waals surface area contributed by atoms with Gasteiger partial charge in [-0.25, -0.2) is 14.8 Å². The Kier molecular flexibility index (Phi) is 5.17. The molecule has 0 radical (unpaired) electrons. The minimum Gasteiger partial charge on any atom is -0.462 e. The molecule has 0 amide bonds. The number of aromatic nitrogens is 2. The van der Waals surface area contributed by atoms with Gasteiger partial charge in [0.05, 0.1) is 15.6 Å². The monoisotopic (exact) mass is 456 g/mol. The lowest BCUT2D eigenvalue weighted by Gasteiger charge is -2.04. The molecule has 1 aromatic carbocycles. The first-order chi connectivity index (χ1) is 11.2. The van der Waals surface area contributed by atoms with Crippen molar-refractivity contribution in [1.82, 2.24) is 9.97 Å². The van der Waals surface area contributed by atoms with Gasteiger partial charge in [-0.3, -0.25) is 0 Å². The molecule has 0 unspecified atom stereocenters. The lowest BCUT2D eigenvalue weighted by molar-refractivity contribution is 0.0531. The van der Waals surface area contributed by atoms with E-state index in [-0.39, 0.29) is 5.97 Å². The van der Waals surface area contributed by atoms with Crippen LogP contribution < -0.4 is 0 Å². The second kappa shape index (κ2) is 7.14. The van der Waals surface area contributed by atoms with Gasteiger partial charge in [-0.1, -0.05) is 30.3 Å². The summed E-state index contributed by atoms with van der Waals surface area (Å²) in [5.74, 6) is 0.378. The first kappa shape index (κ1) is 16.7. The number of thioether (sulfide) groups is 1. The minimum atomic E-state index is -0.298. The summed E-state index contributed by atoms with van der Waals surface area (Å²) in [6.07, 6.45) is 1.98. The first-order valence-corrected chi connectivity index (χ1v) is 10.0. The molecule has 0 atom stereocenters. The van der Waals surface area contributed by atoms with Crippen molar-refractivity contribution < 1.29 is 9.53 Å². The SMILES string of the molecule is CCOC(=O)c1sc2nc(-c3ccccc3)nc(SC)c2c1I. The topological polar surface area (TPSA) is 52.1 Å². The van der Waals surface area contributed by atoms with Gasteiger partial charge in [0, 0.05) is 5.56 Å². The molecule has 0 aliphatic heterocycles. The van der Waals surface area contributed by atoms with Crippen LogP contribution >= 0.6 is 45.7 Å². The van der Waals surface area contributed by atoms with Gasteiger partial charge >= 0.3 is 5.97 Å². The lowest BCUT2D eigenvalue weighted by atomic mass is 10.2. The second-order valence-corrected chi connectivity index (χ2v) is 7.44. The van der Waals surface area contributed by atoms with Crippen molar-refractivity contribution in [2.45, 2.75) is 11.9 Å². The van der Waals surface area contributed by atoms with Gasteiger partial charge in [0.25, 0.3) is 0 Å². The number of halogens is 1. The van der Waals surface area contributed by atoms with Crippen LogP contribution in [0.5, 0.6) is 0 Å². The van der Waals surface area contributed by atoms with Crippen molar-refractivity contribution in [3.05, 3.63) is 38.8 Å². The van der Waals surface area contributed by atoms with Gasteiger partial charge in [0.1, 0.15) is 14.7 Å². The maximum Gasteiger partial charge on any atom is 0.349 e. The van der Waals surface area contributed by atoms with Crippen molar-refractivity contribution in [1.29, 1.82) is 0 Å². The van der Waals surface area contributed by atoms with Crippen LogP contribution in [-0.2, 0) is 4.74 Å². The van der Waals surface area contributed by atoms with E-state index in [0.717, 1.165) is 24.4 Å². The van der Waals surface area contributed by atoms with Crippen molar-refractivity contribution in [2.75, 3.05) is 12.9 Å². The number of fused-ring (bicyclic) bond motifs is 1. The highest BCUT2D eigenvalue weighted by molar-refractivity contribution is 14.1. The third-order valence-corrected chi connectivity index (χ3v) is 6.34. The van der Waals surface area contributed by atoms with Crippen LogP contribution in [0.3, 0.4) is 0 Å². The number of nitrogens with zero attached hydrogens (tertiary/aromatic N) is 2. The fraction of sp³-hybridized carbons (Fsp3) is 0.188. The Bertz CT molecular complexity index is 865. The van der Waals surface area contributed by atoms with E-state index in [2.05, 4.69) is 32.6 Å². The van der Waals surface area contributed by atoms with Gasteiger partial charge in [-0.05, 0) is 35.8 Å². The van der Waals surface area contributed by atoms with Crippen molar-refractivity contribution >= 4 is 61.9 Å². The first-order valence-electron chi connectivity index (χ1n) is 6.92. The molecule has 0 N–H and O–H groups in total. The average Bonchev–Trinajstić information content (AvgIpc) is 2.92. The minimum absolute atomic E-state index is 0.298. The van der Waals surface area contributed by atoms with Crippen LogP contribution in [0.2, 0.25) is 0 Å². The van der Waals surface area contributed by atoms with E-state index in [0.29, 0.717) is 17.3 Å². The number of ether oxygens (including phenoxy) is 1. The molecule has 118 valence electrons. The number of esters is 1. The maximum absolute atomic E-state index is 12.1. The van der Waals surface area contributed by atoms with Crippen molar-refractivity contribution in [2.24, 2.45) is 0 Å². The van der Waals surface area contributed by atoms with E-state index in [9.17, 15) is 4.79 Å². The summed E-state index contributed by atoms with van der Waals surface area (Å²) >= 11 is 5.10. The third-order valence-electron chi connectivity index (χ3n) is 3.15. The van der Waals surface area contributed by atoms with Gasteiger partial charge in [0.2, 0.25) is 0 Å². The number of rotatable bonds is 4. The van der Waals surface area contributed by atoms with E-state index in [4.69, 9.17) is 4.74 Å². The molecule has 0 spiro atoms. The molecule has 7 heteroatoms. The van der Waals surface area contributed by atoms with Crippen molar-refractivity contribution in [3.63, 3.8) is 0 Å². The van der Waals surface area contributed by atoms with Gasteiger partial charge in [-0.2, -0.15) is 0 Å². The molecule has 0 fully saturated rings. The Morgan fingerprint density at radius 1 is 1.30 bits per heavy atom. The summed E-state index contributed by atoms with van der Waals surface area (Å²) in [5.41, 5.74) is 0.964. The van der Waals surface area contributed by atoms with Crippen LogP contribution in [0.1, 0.15) is 16.6 Å². The standard InChI is InChI=1S/C16H13IN2O2S2/c1-3-21-16(20)12-11(17)10-14(22-2)18-13(19-15(10)23-12)9-7-5-4-6-8-9/h4-8H,3H2,1-2H3. The van der Waals surface area contributed by atoms with Gasteiger partial charge < -0.3 is 4.74 Å². The smallest absolute Gasteiger partial charge is 0.349 e. The highest BCUT2D eigenvalue weighted by Crippen LogP contribution is 2.37. The summed E-state index contributed by atoms with van der Waals surface area (Å²) in [6.45, 7) is 2.16. The van der Waals surface area contributed by atoms with Gasteiger partial charge in [0.15, 0.2) is 5.82 Å². The fourth-order valence-corrected chi connectivity index (χ4v) is 5.16. The van der Waals surface area contributed by atoms with E-state index in [1.807, 2.05) is 36.6 Å². The zero-order chi connectivity index (χ0) is 16.4. The quantitative estimate of drug-likeness (QED) is 0.243. The van der Waals surface area contributed by atoms with E-state index in [1.54, 1.807) is 18.7 Å². The number of benzene rings is 1. The normalized spacial score (nSPS) is 10.9. The van der Waals surface area contributed by atoms with E-state index >= 15 is 0 Å². The molecule has 2 heterocycles. The number of thiophene rings is 1. The molecule has 0 aliphatic rings. The Morgan fingerprint density at radius 2 is 2.04 bits per heavy atom. The maximum atomic E-state index is 12.1. The summed E-state index contributed by atoms with van der Waals surface area (Å²) < 4.78 is 6.00.